The zero-order valence-corrected chi connectivity index (χ0v) is 27.4. The van der Waals surface area contributed by atoms with Gasteiger partial charge < -0.3 is 29.4 Å². The van der Waals surface area contributed by atoms with Crippen LogP contribution in [-0.4, -0.2) is 36.7 Å². The summed E-state index contributed by atoms with van der Waals surface area (Å²) in [7, 11) is -3.87. The van der Waals surface area contributed by atoms with Gasteiger partial charge in [-0.15, -0.1) is 0 Å². The third kappa shape index (κ3) is 8.66. The standard InChI is InChI=1S/C39H39N2O6P/c42-39(40-33-22-12-4-13-23-33)41-38-37(46-28-32-20-10-3-11-21-32)36(45-27-31-18-8-2-9-19-31)35(29-44-26-30-16-6-1-7-17-30)47-48(38,43)34-24-14-5-15-25-34/h1-25,35-38H,26-29H2,(H2,40,41,42)/t35-,36-,37+,38+,48+/m1/s1. The van der Waals surface area contributed by atoms with Crippen molar-refractivity contribution >= 4 is 24.4 Å². The number of urea groups is 1. The van der Waals surface area contributed by atoms with E-state index in [0.717, 1.165) is 16.7 Å². The van der Waals surface area contributed by atoms with Gasteiger partial charge in [0.15, 0.2) is 0 Å². The minimum absolute atomic E-state index is 0.0826. The van der Waals surface area contributed by atoms with Gasteiger partial charge in [0.05, 0.1) is 26.4 Å². The molecule has 0 radical (unpaired) electrons. The molecule has 0 aromatic heterocycles. The Hall–Kier alpha value is -4.56. The molecule has 5 aromatic carbocycles. The van der Waals surface area contributed by atoms with Crippen LogP contribution in [0.1, 0.15) is 16.7 Å². The van der Waals surface area contributed by atoms with Crippen LogP contribution in [0, 0.1) is 0 Å². The molecule has 0 unspecified atom stereocenters. The maximum atomic E-state index is 15.4. The molecule has 6 rings (SSSR count). The molecule has 0 saturated carbocycles. The van der Waals surface area contributed by atoms with Gasteiger partial charge in [-0.3, -0.25) is 4.57 Å². The van der Waals surface area contributed by atoms with Gasteiger partial charge >= 0.3 is 6.03 Å². The number of ether oxygens (including phenoxy) is 3. The Morgan fingerprint density at radius 1 is 0.604 bits per heavy atom. The lowest BCUT2D eigenvalue weighted by Crippen LogP contribution is -2.60. The van der Waals surface area contributed by atoms with Gasteiger partial charge in [0.25, 0.3) is 7.37 Å². The summed E-state index contributed by atoms with van der Waals surface area (Å²) in [5.41, 5.74) is 3.46. The zero-order valence-electron chi connectivity index (χ0n) is 26.5. The van der Waals surface area contributed by atoms with Crippen molar-refractivity contribution in [3.63, 3.8) is 0 Å². The number of hydrogen-bond donors (Lipinski definition) is 2. The average molecular weight is 663 g/mol. The third-order valence-corrected chi connectivity index (χ3v) is 10.8. The van der Waals surface area contributed by atoms with Crippen molar-refractivity contribution in [2.75, 3.05) is 11.9 Å². The van der Waals surface area contributed by atoms with E-state index in [-0.39, 0.29) is 19.8 Å². The highest BCUT2D eigenvalue weighted by atomic mass is 31.2. The smallest absolute Gasteiger partial charge is 0.320 e. The molecular formula is C39H39N2O6P. The summed E-state index contributed by atoms with van der Waals surface area (Å²) < 4.78 is 41.5. The van der Waals surface area contributed by atoms with Crippen LogP contribution in [-0.2, 0) is 43.1 Å². The summed E-state index contributed by atoms with van der Waals surface area (Å²) in [6.45, 7) is 0.854. The normalized spacial score (nSPS) is 22.1. The number of amides is 2. The summed E-state index contributed by atoms with van der Waals surface area (Å²) >= 11 is 0. The molecule has 2 amide bonds. The van der Waals surface area contributed by atoms with Gasteiger partial charge in [-0.1, -0.05) is 127 Å². The van der Waals surface area contributed by atoms with E-state index in [0.29, 0.717) is 17.6 Å². The Morgan fingerprint density at radius 3 is 1.60 bits per heavy atom. The largest absolute Gasteiger partial charge is 0.374 e. The van der Waals surface area contributed by atoms with Crippen molar-refractivity contribution in [3.8, 4) is 0 Å². The number of rotatable bonds is 13. The first-order valence-electron chi connectivity index (χ1n) is 16.0. The number of nitrogens with one attached hydrogen (secondary N) is 2. The maximum absolute atomic E-state index is 15.4. The third-order valence-electron chi connectivity index (χ3n) is 8.05. The quantitative estimate of drug-likeness (QED) is 0.127. The summed E-state index contributed by atoms with van der Waals surface area (Å²) in [6, 6.07) is 46.8. The molecule has 1 aliphatic rings. The van der Waals surface area contributed by atoms with Crippen molar-refractivity contribution in [2.24, 2.45) is 0 Å². The molecular weight excluding hydrogens is 623 g/mol. The second-order valence-electron chi connectivity index (χ2n) is 11.5. The van der Waals surface area contributed by atoms with Gasteiger partial charge in [-0.2, -0.15) is 0 Å². The first kappa shape index (κ1) is 33.3. The van der Waals surface area contributed by atoms with Crippen LogP contribution >= 0.6 is 7.37 Å². The molecule has 246 valence electrons. The SMILES string of the molecule is O=C(Nc1ccccc1)N[C@@H]1[C@@H](OCc2ccccc2)[C@H](OCc2ccccc2)[C@@H](COCc2ccccc2)O[P@@]1(=O)c1ccccc1. The molecule has 1 saturated heterocycles. The van der Waals surface area contributed by atoms with Crippen LogP contribution in [0.15, 0.2) is 152 Å². The first-order chi connectivity index (χ1) is 23.6. The van der Waals surface area contributed by atoms with Crippen molar-refractivity contribution < 1.29 is 28.1 Å². The topological polar surface area (TPSA) is 95.1 Å². The van der Waals surface area contributed by atoms with E-state index in [1.54, 1.807) is 36.4 Å². The number of benzene rings is 5. The Labute approximate surface area is 281 Å². The minimum atomic E-state index is -3.87. The van der Waals surface area contributed by atoms with Crippen molar-refractivity contribution in [1.29, 1.82) is 0 Å². The molecule has 48 heavy (non-hydrogen) atoms. The Kier molecular flexibility index (Phi) is 11.5. The summed E-state index contributed by atoms with van der Waals surface area (Å²) in [5.74, 6) is -1.10. The molecule has 8 nitrogen and oxygen atoms in total. The van der Waals surface area contributed by atoms with Crippen molar-refractivity contribution in [3.05, 3.63) is 168 Å². The molecule has 1 heterocycles. The Bertz CT molecular complexity index is 1750. The molecule has 1 fully saturated rings. The predicted molar refractivity (Wildman–Crippen MR) is 187 cm³/mol. The van der Waals surface area contributed by atoms with Gasteiger partial charge in [-0.25, -0.2) is 4.79 Å². The van der Waals surface area contributed by atoms with Crippen LogP contribution in [0.25, 0.3) is 0 Å². The highest BCUT2D eigenvalue weighted by molar-refractivity contribution is 7.67. The van der Waals surface area contributed by atoms with E-state index in [1.807, 2.05) is 115 Å². The predicted octanol–water partition coefficient (Wildman–Crippen LogP) is 7.52. The van der Waals surface area contributed by atoms with E-state index in [1.165, 1.54) is 0 Å². The van der Waals surface area contributed by atoms with E-state index in [2.05, 4.69) is 10.6 Å². The summed E-state index contributed by atoms with van der Waals surface area (Å²) in [5, 5.41) is 6.31. The second-order valence-corrected chi connectivity index (χ2v) is 14.0. The highest BCUT2D eigenvalue weighted by Gasteiger charge is 2.55. The molecule has 2 N–H and O–H groups in total. The molecule has 0 aliphatic carbocycles. The lowest BCUT2D eigenvalue weighted by molar-refractivity contribution is -0.154. The van der Waals surface area contributed by atoms with E-state index in [9.17, 15) is 4.79 Å². The molecule has 5 atom stereocenters. The highest BCUT2D eigenvalue weighted by Crippen LogP contribution is 2.57. The van der Waals surface area contributed by atoms with E-state index < -0.39 is 37.5 Å². The van der Waals surface area contributed by atoms with Crippen LogP contribution in [0.4, 0.5) is 10.5 Å². The Balaban J connectivity index is 1.37. The Morgan fingerprint density at radius 2 is 1.06 bits per heavy atom. The number of carbonyl (C=O) groups is 1. The minimum Gasteiger partial charge on any atom is -0.374 e. The molecule has 0 bridgehead atoms. The number of anilines is 1. The number of para-hydroxylation sites is 1. The summed E-state index contributed by atoms with van der Waals surface area (Å²) in [4.78, 5) is 13.6. The van der Waals surface area contributed by atoms with Gasteiger partial charge in [0, 0.05) is 11.0 Å². The molecule has 9 heteroatoms. The lowest BCUT2D eigenvalue weighted by Gasteiger charge is -2.46. The number of carbonyl (C=O) groups excluding carboxylic acids is 1. The molecule has 0 spiro atoms. The van der Waals surface area contributed by atoms with Gasteiger partial charge in [0.2, 0.25) is 0 Å². The number of hydrogen-bond acceptors (Lipinski definition) is 6. The lowest BCUT2D eigenvalue weighted by atomic mass is 10.1. The fourth-order valence-electron chi connectivity index (χ4n) is 5.67. The van der Waals surface area contributed by atoms with Crippen LogP contribution in [0.2, 0.25) is 0 Å². The van der Waals surface area contributed by atoms with E-state index in [4.69, 9.17) is 18.7 Å². The van der Waals surface area contributed by atoms with Crippen LogP contribution < -0.4 is 15.9 Å². The van der Waals surface area contributed by atoms with Crippen molar-refractivity contribution in [2.45, 2.75) is 43.9 Å². The average Bonchev–Trinajstić information content (AvgIpc) is 3.13. The molecule has 1 aliphatic heterocycles. The van der Waals surface area contributed by atoms with Gasteiger partial charge in [0.1, 0.15) is 24.1 Å². The van der Waals surface area contributed by atoms with Crippen LogP contribution in [0.3, 0.4) is 0 Å². The van der Waals surface area contributed by atoms with Gasteiger partial charge in [-0.05, 0) is 41.0 Å². The molecule has 5 aromatic rings. The fourth-order valence-corrected chi connectivity index (χ4v) is 8.35. The monoisotopic (exact) mass is 662 g/mol. The fraction of sp³-hybridized carbons (Fsp3) is 0.205. The maximum Gasteiger partial charge on any atom is 0.320 e. The first-order valence-corrected chi connectivity index (χ1v) is 17.7. The summed E-state index contributed by atoms with van der Waals surface area (Å²) in [6.07, 6.45) is -2.45. The van der Waals surface area contributed by atoms with Crippen molar-refractivity contribution in [1.82, 2.24) is 5.32 Å². The zero-order chi connectivity index (χ0) is 33.0. The van der Waals surface area contributed by atoms with Crippen LogP contribution in [0.5, 0.6) is 0 Å². The second kappa shape index (κ2) is 16.5. The van der Waals surface area contributed by atoms with E-state index >= 15 is 4.57 Å².